The van der Waals surface area contributed by atoms with E-state index >= 15 is 0 Å². The fraction of sp³-hybridized carbons (Fsp3) is 1.00. The van der Waals surface area contributed by atoms with Gasteiger partial charge in [-0.25, -0.2) is 13.1 Å². The van der Waals surface area contributed by atoms with Crippen molar-refractivity contribution < 1.29 is 18.3 Å². The molecule has 5 nitrogen and oxygen atoms in total. The molecule has 15 heavy (non-hydrogen) atoms. The van der Waals surface area contributed by atoms with E-state index in [-0.39, 0.29) is 30.6 Å². The average Bonchev–Trinajstić information content (AvgIpc) is 1.99. The largest absolute Gasteiger partial charge is 0.393 e. The second kappa shape index (κ2) is 5.25. The molecule has 90 valence electrons. The Balaban J connectivity index is 2.20. The van der Waals surface area contributed by atoms with Crippen molar-refractivity contribution >= 4 is 10.0 Å². The van der Waals surface area contributed by atoms with Crippen molar-refractivity contribution in [2.24, 2.45) is 0 Å². The lowest BCUT2D eigenvalue weighted by molar-refractivity contribution is 0.0707. The third-order valence-corrected chi connectivity index (χ3v) is 3.66. The second-order valence-electron chi connectivity index (χ2n) is 4.18. The molecule has 1 aliphatic carbocycles. The molecule has 0 aliphatic heterocycles. The minimum atomic E-state index is -3.25. The summed E-state index contributed by atoms with van der Waals surface area (Å²) in [5, 5.41) is 9.00. The van der Waals surface area contributed by atoms with Gasteiger partial charge < -0.3 is 9.84 Å². The van der Waals surface area contributed by atoms with Gasteiger partial charge >= 0.3 is 0 Å². The van der Waals surface area contributed by atoms with Gasteiger partial charge in [0, 0.05) is 6.04 Å². The van der Waals surface area contributed by atoms with Crippen LogP contribution in [-0.4, -0.2) is 44.1 Å². The molecule has 1 fully saturated rings. The molecule has 6 heteroatoms. The van der Waals surface area contributed by atoms with Crippen molar-refractivity contribution in [3.05, 3.63) is 0 Å². The Bertz CT molecular complexity index is 282. The van der Waals surface area contributed by atoms with Gasteiger partial charge in [0.15, 0.2) is 0 Å². The maximum atomic E-state index is 11.4. The number of sulfonamides is 1. The Hall–Kier alpha value is -0.170. The molecule has 0 aromatic heterocycles. The van der Waals surface area contributed by atoms with Crippen LogP contribution in [0.15, 0.2) is 0 Å². The Labute approximate surface area is 90.9 Å². The van der Waals surface area contributed by atoms with Crippen LogP contribution in [-0.2, 0) is 14.8 Å². The van der Waals surface area contributed by atoms with Crippen molar-refractivity contribution in [3.8, 4) is 0 Å². The lowest BCUT2D eigenvalue weighted by Gasteiger charge is -2.31. The third-order valence-electron chi connectivity index (χ3n) is 2.26. The van der Waals surface area contributed by atoms with Crippen LogP contribution in [0.2, 0.25) is 0 Å². The molecule has 1 aliphatic rings. The molecule has 0 atom stereocenters. The number of hydrogen-bond acceptors (Lipinski definition) is 4. The third kappa shape index (κ3) is 4.92. The minimum absolute atomic E-state index is 0.0161. The van der Waals surface area contributed by atoms with Crippen LogP contribution in [0.1, 0.15) is 26.7 Å². The summed E-state index contributed by atoms with van der Waals surface area (Å²) >= 11 is 0. The zero-order chi connectivity index (χ0) is 11.5. The molecule has 0 spiro atoms. The van der Waals surface area contributed by atoms with E-state index in [1.807, 2.05) is 13.8 Å². The normalized spacial score (nSPS) is 26.7. The topological polar surface area (TPSA) is 75.6 Å². The van der Waals surface area contributed by atoms with Gasteiger partial charge in [0.2, 0.25) is 10.0 Å². The van der Waals surface area contributed by atoms with Gasteiger partial charge in [-0.3, -0.25) is 0 Å². The summed E-state index contributed by atoms with van der Waals surface area (Å²) in [6.45, 7) is 3.94. The molecule has 0 heterocycles. The fourth-order valence-electron chi connectivity index (χ4n) is 1.39. The van der Waals surface area contributed by atoms with Crippen molar-refractivity contribution in [3.63, 3.8) is 0 Å². The SMILES string of the molecule is CC(C)OCCS(=O)(=O)NC1CC(O)C1. The Morgan fingerprint density at radius 3 is 2.53 bits per heavy atom. The van der Waals surface area contributed by atoms with E-state index in [1.165, 1.54) is 0 Å². The fourth-order valence-corrected chi connectivity index (χ4v) is 2.52. The Kier molecular flexibility index (Phi) is 4.51. The smallest absolute Gasteiger partial charge is 0.214 e. The molecule has 2 N–H and O–H groups in total. The predicted molar refractivity (Wildman–Crippen MR) is 57.0 cm³/mol. The molecular weight excluding hydrogens is 218 g/mol. The first-order chi connectivity index (χ1) is 6.89. The summed E-state index contributed by atoms with van der Waals surface area (Å²) in [7, 11) is -3.25. The molecule has 1 rings (SSSR count). The number of ether oxygens (including phenoxy) is 1. The second-order valence-corrected chi connectivity index (χ2v) is 6.05. The summed E-state index contributed by atoms with van der Waals surface area (Å²) in [6, 6.07) is -0.0935. The summed E-state index contributed by atoms with van der Waals surface area (Å²) < 4.78 is 30.6. The highest BCUT2D eigenvalue weighted by Crippen LogP contribution is 2.19. The highest BCUT2D eigenvalue weighted by atomic mass is 32.2. The molecular formula is C9H19NO4S. The monoisotopic (exact) mass is 237 g/mol. The zero-order valence-corrected chi connectivity index (χ0v) is 9.96. The van der Waals surface area contributed by atoms with E-state index in [9.17, 15) is 8.42 Å². The predicted octanol–water partition coefficient (Wildman–Crippen LogP) is -0.146. The molecule has 0 radical (unpaired) electrons. The van der Waals surface area contributed by atoms with Crippen LogP contribution in [0.25, 0.3) is 0 Å². The molecule has 0 aromatic carbocycles. The van der Waals surface area contributed by atoms with Crippen LogP contribution in [0, 0.1) is 0 Å². The first-order valence-electron chi connectivity index (χ1n) is 5.19. The van der Waals surface area contributed by atoms with Crippen LogP contribution in [0.3, 0.4) is 0 Å². The number of aliphatic hydroxyl groups is 1. The van der Waals surface area contributed by atoms with Crippen molar-refractivity contribution in [2.75, 3.05) is 12.4 Å². The Morgan fingerprint density at radius 2 is 2.07 bits per heavy atom. The van der Waals surface area contributed by atoms with Crippen molar-refractivity contribution in [1.82, 2.24) is 4.72 Å². The van der Waals surface area contributed by atoms with Crippen LogP contribution in [0.4, 0.5) is 0 Å². The van der Waals surface area contributed by atoms with E-state index in [0.29, 0.717) is 12.8 Å². The summed E-state index contributed by atoms with van der Waals surface area (Å²) in [6.07, 6.45) is 0.740. The van der Waals surface area contributed by atoms with E-state index in [4.69, 9.17) is 9.84 Å². The highest BCUT2D eigenvalue weighted by Gasteiger charge is 2.30. The average molecular weight is 237 g/mol. The van der Waals surface area contributed by atoms with Crippen LogP contribution >= 0.6 is 0 Å². The number of hydrogen-bond donors (Lipinski definition) is 2. The number of nitrogens with one attached hydrogen (secondary N) is 1. The highest BCUT2D eigenvalue weighted by molar-refractivity contribution is 7.89. The quantitative estimate of drug-likeness (QED) is 0.674. The lowest BCUT2D eigenvalue weighted by atomic mass is 9.91. The molecule has 0 aromatic rings. The summed E-state index contributed by atoms with van der Waals surface area (Å²) in [4.78, 5) is 0. The van der Waals surface area contributed by atoms with E-state index in [2.05, 4.69) is 4.72 Å². The number of aliphatic hydroxyl groups excluding tert-OH is 1. The molecule has 0 saturated heterocycles. The van der Waals surface area contributed by atoms with Gasteiger partial charge in [0.05, 0.1) is 24.6 Å². The molecule has 0 bridgehead atoms. The van der Waals surface area contributed by atoms with Crippen molar-refractivity contribution in [1.29, 1.82) is 0 Å². The van der Waals surface area contributed by atoms with Gasteiger partial charge in [-0.05, 0) is 26.7 Å². The maximum Gasteiger partial charge on any atom is 0.214 e. The summed E-state index contributed by atoms with van der Waals surface area (Å²) in [5.74, 6) is -0.0161. The van der Waals surface area contributed by atoms with Crippen LogP contribution in [0.5, 0.6) is 0 Å². The summed E-state index contributed by atoms with van der Waals surface area (Å²) in [5.41, 5.74) is 0. The Morgan fingerprint density at radius 1 is 1.47 bits per heavy atom. The van der Waals surface area contributed by atoms with Gasteiger partial charge in [-0.1, -0.05) is 0 Å². The first kappa shape index (κ1) is 12.9. The van der Waals surface area contributed by atoms with E-state index < -0.39 is 10.0 Å². The first-order valence-corrected chi connectivity index (χ1v) is 6.84. The molecule has 0 unspecified atom stereocenters. The standard InChI is InChI=1S/C9H19NO4S/c1-7(2)14-3-4-15(12,13)10-8-5-9(11)6-8/h7-11H,3-6H2,1-2H3. The van der Waals surface area contributed by atoms with Gasteiger partial charge in [-0.2, -0.15) is 0 Å². The van der Waals surface area contributed by atoms with Crippen molar-refractivity contribution in [2.45, 2.75) is 44.9 Å². The molecule has 0 amide bonds. The van der Waals surface area contributed by atoms with Gasteiger partial charge in [0.25, 0.3) is 0 Å². The number of rotatable bonds is 6. The minimum Gasteiger partial charge on any atom is -0.393 e. The molecule has 1 saturated carbocycles. The van der Waals surface area contributed by atoms with Gasteiger partial charge in [0.1, 0.15) is 0 Å². The van der Waals surface area contributed by atoms with E-state index in [0.717, 1.165) is 0 Å². The maximum absolute atomic E-state index is 11.4. The lowest BCUT2D eigenvalue weighted by Crippen LogP contribution is -2.47. The van der Waals surface area contributed by atoms with Gasteiger partial charge in [-0.15, -0.1) is 0 Å². The van der Waals surface area contributed by atoms with E-state index in [1.54, 1.807) is 0 Å². The van der Waals surface area contributed by atoms with Crippen LogP contribution < -0.4 is 4.72 Å². The zero-order valence-electron chi connectivity index (χ0n) is 9.14.